The van der Waals surface area contributed by atoms with Gasteiger partial charge in [0.1, 0.15) is 0 Å². The molecule has 0 aliphatic carbocycles. The van der Waals surface area contributed by atoms with Gasteiger partial charge in [-0.2, -0.15) is 0 Å². The van der Waals surface area contributed by atoms with E-state index in [1.807, 2.05) is 6.20 Å². The van der Waals surface area contributed by atoms with Crippen LogP contribution in [-0.2, 0) is 6.42 Å². The van der Waals surface area contributed by atoms with Crippen LogP contribution < -0.4 is 11.1 Å². The first-order valence-electron chi connectivity index (χ1n) is 6.19. The molecular formula is C12H23N5. The average molecular weight is 237 g/mol. The first-order chi connectivity index (χ1) is 8.18. The Morgan fingerprint density at radius 2 is 2.41 bits per heavy atom. The Bertz CT molecular complexity index is 316. The third-order valence-electron chi connectivity index (χ3n) is 2.47. The maximum absolute atomic E-state index is 5.74. The second-order valence-corrected chi connectivity index (χ2v) is 4.56. The minimum atomic E-state index is 0.551. The Hall–Kier alpha value is -1.52. The molecule has 0 unspecified atom stereocenters. The Morgan fingerprint density at radius 1 is 1.59 bits per heavy atom. The van der Waals surface area contributed by atoms with Gasteiger partial charge in [0.25, 0.3) is 0 Å². The Balaban J connectivity index is 2.07. The Morgan fingerprint density at radius 3 is 3.06 bits per heavy atom. The van der Waals surface area contributed by atoms with Crippen LogP contribution >= 0.6 is 0 Å². The lowest BCUT2D eigenvalue weighted by molar-refractivity contribution is 0.576. The van der Waals surface area contributed by atoms with Crippen molar-refractivity contribution < 1.29 is 0 Å². The molecule has 0 amide bonds. The van der Waals surface area contributed by atoms with Gasteiger partial charge in [0.05, 0.1) is 6.33 Å². The highest BCUT2D eigenvalue weighted by atomic mass is 15.1. The molecule has 0 aliphatic rings. The summed E-state index contributed by atoms with van der Waals surface area (Å²) in [5.74, 6) is 1.24. The van der Waals surface area contributed by atoms with Crippen LogP contribution in [0.4, 0.5) is 0 Å². The summed E-state index contributed by atoms with van der Waals surface area (Å²) in [6, 6.07) is 0. The van der Waals surface area contributed by atoms with Crippen LogP contribution in [0, 0.1) is 5.92 Å². The quantitative estimate of drug-likeness (QED) is 0.380. The Labute approximate surface area is 103 Å². The normalized spacial score (nSPS) is 12.1. The number of nitrogens with one attached hydrogen (secondary N) is 2. The Kier molecular flexibility index (Phi) is 6.14. The van der Waals surface area contributed by atoms with Gasteiger partial charge in [-0.25, -0.2) is 4.98 Å². The number of aryl methyl sites for hydroxylation is 1. The minimum absolute atomic E-state index is 0.551. The van der Waals surface area contributed by atoms with Gasteiger partial charge in [0.2, 0.25) is 0 Å². The molecule has 0 aromatic carbocycles. The highest BCUT2D eigenvalue weighted by Crippen LogP contribution is 1.97. The zero-order chi connectivity index (χ0) is 12.5. The second kappa shape index (κ2) is 7.70. The molecule has 0 saturated heterocycles. The topological polar surface area (TPSA) is 79.1 Å². The summed E-state index contributed by atoms with van der Waals surface area (Å²) >= 11 is 0. The number of nitrogens with zero attached hydrogens (tertiary/aromatic N) is 2. The van der Waals surface area contributed by atoms with Gasteiger partial charge in [0, 0.05) is 25.0 Å². The number of nitrogens with two attached hydrogens (primary N) is 1. The molecule has 17 heavy (non-hydrogen) atoms. The van der Waals surface area contributed by atoms with Crippen molar-refractivity contribution >= 4 is 5.96 Å². The predicted octanol–water partition coefficient (Wildman–Crippen LogP) is 1.29. The predicted molar refractivity (Wildman–Crippen MR) is 70.9 cm³/mol. The zero-order valence-electron chi connectivity index (χ0n) is 10.7. The highest BCUT2D eigenvalue weighted by molar-refractivity contribution is 5.77. The molecule has 0 aliphatic heterocycles. The maximum Gasteiger partial charge on any atom is 0.188 e. The molecule has 4 N–H and O–H groups in total. The molecule has 0 radical (unpaired) electrons. The van der Waals surface area contributed by atoms with Crippen molar-refractivity contribution in [3.8, 4) is 0 Å². The third-order valence-corrected chi connectivity index (χ3v) is 2.47. The van der Waals surface area contributed by atoms with E-state index in [9.17, 15) is 0 Å². The van der Waals surface area contributed by atoms with Crippen molar-refractivity contribution in [3.05, 3.63) is 18.2 Å². The third kappa shape index (κ3) is 6.60. The lowest BCUT2D eigenvalue weighted by Crippen LogP contribution is -2.33. The van der Waals surface area contributed by atoms with E-state index < -0.39 is 0 Å². The molecule has 1 rings (SSSR count). The summed E-state index contributed by atoms with van der Waals surface area (Å²) in [7, 11) is 0. The van der Waals surface area contributed by atoms with Crippen LogP contribution in [0.5, 0.6) is 0 Å². The van der Waals surface area contributed by atoms with Gasteiger partial charge < -0.3 is 16.0 Å². The molecule has 1 heterocycles. The van der Waals surface area contributed by atoms with E-state index in [1.165, 1.54) is 0 Å². The lowest BCUT2D eigenvalue weighted by Gasteiger charge is -2.07. The molecule has 0 bridgehead atoms. The van der Waals surface area contributed by atoms with Crippen molar-refractivity contribution in [1.29, 1.82) is 0 Å². The number of H-pyrrole nitrogens is 1. The van der Waals surface area contributed by atoms with Crippen molar-refractivity contribution in [2.24, 2.45) is 16.6 Å². The number of hydrogen-bond donors (Lipinski definition) is 3. The molecule has 5 nitrogen and oxygen atoms in total. The highest BCUT2D eigenvalue weighted by Gasteiger charge is 1.96. The summed E-state index contributed by atoms with van der Waals surface area (Å²) in [5.41, 5.74) is 6.88. The van der Waals surface area contributed by atoms with E-state index in [-0.39, 0.29) is 0 Å². The molecule has 96 valence electrons. The largest absolute Gasteiger partial charge is 0.370 e. The number of imidazole rings is 1. The van der Waals surface area contributed by atoms with Crippen LogP contribution in [-0.4, -0.2) is 29.0 Å². The minimum Gasteiger partial charge on any atom is -0.370 e. The van der Waals surface area contributed by atoms with Crippen molar-refractivity contribution in [3.63, 3.8) is 0 Å². The molecule has 0 spiro atoms. The van der Waals surface area contributed by atoms with Crippen LogP contribution in [0.25, 0.3) is 0 Å². The molecule has 5 heteroatoms. The van der Waals surface area contributed by atoms with Crippen LogP contribution in [0.1, 0.15) is 32.4 Å². The van der Waals surface area contributed by atoms with E-state index in [2.05, 4.69) is 34.1 Å². The number of guanidine groups is 1. The maximum atomic E-state index is 5.74. The van der Waals surface area contributed by atoms with Gasteiger partial charge in [-0.3, -0.25) is 4.99 Å². The monoisotopic (exact) mass is 237 g/mol. The number of aliphatic imine (C=N–C) groups is 1. The molecule has 1 aromatic rings. The second-order valence-electron chi connectivity index (χ2n) is 4.56. The molecule has 0 saturated carbocycles. The van der Waals surface area contributed by atoms with E-state index in [0.29, 0.717) is 11.9 Å². The summed E-state index contributed by atoms with van der Waals surface area (Å²) in [4.78, 5) is 11.3. The zero-order valence-corrected chi connectivity index (χ0v) is 10.7. The first kappa shape index (κ1) is 13.5. The van der Waals surface area contributed by atoms with Crippen molar-refractivity contribution in [2.45, 2.75) is 33.1 Å². The standard InChI is InChI=1S/C12H23N5/c1-10(2)5-7-16-12(13)15-6-3-4-11-8-14-9-17-11/h8-10H,3-7H2,1-2H3,(H,14,17)(H3,13,15,16). The van der Waals surface area contributed by atoms with E-state index in [4.69, 9.17) is 5.73 Å². The SMILES string of the molecule is CC(C)CCNC(N)=NCCCc1cnc[nH]1. The molecule has 0 atom stereocenters. The summed E-state index contributed by atoms with van der Waals surface area (Å²) in [5, 5.41) is 3.12. The smallest absolute Gasteiger partial charge is 0.188 e. The van der Waals surface area contributed by atoms with Gasteiger partial charge in [-0.1, -0.05) is 13.8 Å². The van der Waals surface area contributed by atoms with E-state index in [1.54, 1.807) is 6.33 Å². The fourth-order valence-electron chi connectivity index (χ4n) is 1.44. The van der Waals surface area contributed by atoms with Crippen LogP contribution in [0.3, 0.4) is 0 Å². The van der Waals surface area contributed by atoms with Crippen LogP contribution in [0.2, 0.25) is 0 Å². The lowest BCUT2D eigenvalue weighted by atomic mass is 10.1. The summed E-state index contributed by atoms with van der Waals surface area (Å²) in [6.07, 6.45) is 6.59. The van der Waals surface area contributed by atoms with Crippen molar-refractivity contribution in [2.75, 3.05) is 13.1 Å². The number of rotatable bonds is 7. The van der Waals surface area contributed by atoms with Gasteiger partial charge >= 0.3 is 0 Å². The fraction of sp³-hybridized carbons (Fsp3) is 0.667. The molecular weight excluding hydrogens is 214 g/mol. The van der Waals surface area contributed by atoms with E-state index >= 15 is 0 Å². The van der Waals surface area contributed by atoms with Crippen LogP contribution in [0.15, 0.2) is 17.5 Å². The van der Waals surface area contributed by atoms with Gasteiger partial charge in [-0.15, -0.1) is 0 Å². The van der Waals surface area contributed by atoms with Crippen molar-refractivity contribution in [1.82, 2.24) is 15.3 Å². The van der Waals surface area contributed by atoms with E-state index in [0.717, 1.165) is 38.0 Å². The van der Waals surface area contributed by atoms with Gasteiger partial charge in [-0.05, 0) is 25.2 Å². The number of aromatic nitrogens is 2. The first-order valence-corrected chi connectivity index (χ1v) is 6.19. The molecule has 1 aromatic heterocycles. The molecule has 0 fully saturated rings. The number of aromatic amines is 1. The number of hydrogen-bond acceptors (Lipinski definition) is 2. The fourth-order valence-corrected chi connectivity index (χ4v) is 1.44. The summed E-state index contributed by atoms with van der Waals surface area (Å²) in [6.45, 7) is 6.03. The average Bonchev–Trinajstić information content (AvgIpc) is 2.76. The summed E-state index contributed by atoms with van der Waals surface area (Å²) < 4.78 is 0. The van der Waals surface area contributed by atoms with Gasteiger partial charge in [0.15, 0.2) is 5.96 Å².